The minimum atomic E-state index is -3.58. The second-order valence-corrected chi connectivity index (χ2v) is 8.91. The fourth-order valence-corrected chi connectivity index (χ4v) is 5.35. The van der Waals surface area contributed by atoms with Crippen molar-refractivity contribution >= 4 is 37.6 Å². The second kappa shape index (κ2) is 6.16. The quantitative estimate of drug-likeness (QED) is 0.736. The summed E-state index contributed by atoms with van der Waals surface area (Å²) < 4.78 is 33.6. The van der Waals surface area contributed by atoms with Crippen molar-refractivity contribution in [2.24, 2.45) is 0 Å². The molecule has 0 N–H and O–H groups in total. The van der Waals surface area contributed by atoms with Gasteiger partial charge in [-0.05, 0) is 54.4 Å². The molecule has 1 saturated heterocycles. The molecule has 1 aromatic carbocycles. The highest BCUT2D eigenvalue weighted by atomic mass is 79.9. The largest absolute Gasteiger partial charge is 0.370 e. The van der Waals surface area contributed by atoms with Crippen LogP contribution in [0.4, 0.5) is 0 Å². The Hall–Kier alpha value is -0.140. The number of hydrogen-bond acceptors (Lipinski definition) is 3. The van der Waals surface area contributed by atoms with Gasteiger partial charge in [0.05, 0.1) is 16.6 Å². The van der Waals surface area contributed by atoms with Crippen molar-refractivity contribution in [3.05, 3.63) is 28.2 Å². The predicted octanol–water partition coefficient (Wildman–Crippen LogP) is 3.38. The van der Waals surface area contributed by atoms with E-state index in [9.17, 15) is 8.42 Å². The third-order valence-corrected chi connectivity index (χ3v) is 6.42. The highest BCUT2D eigenvalue weighted by Gasteiger charge is 2.38. The van der Waals surface area contributed by atoms with E-state index in [1.54, 1.807) is 12.1 Å². The zero-order chi connectivity index (χ0) is 15.8. The minimum Gasteiger partial charge on any atom is -0.370 e. The zero-order valence-corrected chi connectivity index (χ0v) is 15.4. The third kappa shape index (κ3) is 3.79. The molecule has 0 radical (unpaired) electrons. The molecule has 0 aliphatic carbocycles. The lowest BCUT2D eigenvalue weighted by Crippen LogP contribution is -2.53. The van der Waals surface area contributed by atoms with E-state index in [1.165, 1.54) is 4.31 Å². The van der Waals surface area contributed by atoms with E-state index < -0.39 is 15.6 Å². The highest BCUT2D eigenvalue weighted by molar-refractivity contribution is 9.10. The summed E-state index contributed by atoms with van der Waals surface area (Å²) in [6.07, 6.45) is -0.140. The van der Waals surface area contributed by atoms with E-state index in [2.05, 4.69) is 15.9 Å². The fourth-order valence-electron chi connectivity index (χ4n) is 2.55. The molecule has 2 rings (SSSR count). The van der Waals surface area contributed by atoms with Crippen LogP contribution in [0.15, 0.2) is 27.6 Å². The molecule has 1 aliphatic heterocycles. The van der Waals surface area contributed by atoms with E-state index in [1.807, 2.05) is 26.8 Å². The van der Waals surface area contributed by atoms with Crippen LogP contribution in [-0.4, -0.2) is 37.5 Å². The SMILES string of the molecule is CC1CN(S(=O)(=O)c2cc(CCl)ccc2Br)CC(C)(C)O1. The number of morpholine rings is 1. The Morgan fingerprint density at radius 3 is 2.71 bits per heavy atom. The van der Waals surface area contributed by atoms with E-state index in [0.29, 0.717) is 17.6 Å². The topological polar surface area (TPSA) is 46.6 Å². The molecule has 1 unspecified atom stereocenters. The number of alkyl halides is 1. The van der Waals surface area contributed by atoms with Crippen molar-refractivity contribution in [3.8, 4) is 0 Å². The standard InChI is InChI=1S/C14H19BrClNO3S/c1-10-8-17(9-14(2,3)20-10)21(18,19)13-6-11(7-16)4-5-12(13)15/h4-6,10H,7-9H2,1-3H3. The lowest BCUT2D eigenvalue weighted by Gasteiger charge is -2.41. The smallest absolute Gasteiger partial charge is 0.244 e. The Balaban J connectivity index is 2.42. The van der Waals surface area contributed by atoms with Crippen molar-refractivity contribution in [1.82, 2.24) is 4.31 Å². The van der Waals surface area contributed by atoms with Gasteiger partial charge in [0, 0.05) is 23.4 Å². The van der Waals surface area contributed by atoms with Crippen LogP contribution >= 0.6 is 27.5 Å². The maximum Gasteiger partial charge on any atom is 0.244 e. The normalized spacial score (nSPS) is 23.2. The molecule has 1 aliphatic rings. The molecule has 1 fully saturated rings. The van der Waals surface area contributed by atoms with E-state index in [4.69, 9.17) is 16.3 Å². The van der Waals surface area contributed by atoms with Crippen LogP contribution < -0.4 is 0 Å². The number of sulfonamides is 1. The molecule has 1 aromatic rings. The van der Waals surface area contributed by atoms with E-state index >= 15 is 0 Å². The summed E-state index contributed by atoms with van der Waals surface area (Å²) in [6, 6.07) is 5.15. The molecule has 0 aromatic heterocycles. The molecule has 1 atom stereocenters. The van der Waals surface area contributed by atoms with Gasteiger partial charge in [-0.2, -0.15) is 4.31 Å². The van der Waals surface area contributed by atoms with Crippen LogP contribution in [0.1, 0.15) is 26.3 Å². The lowest BCUT2D eigenvalue weighted by atomic mass is 10.1. The summed E-state index contributed by atoms with van der Waals surface area (Å²) in [5.74, 6) is 0.279. The van der Waals surface area contributed by atoms with Crippen LogP contribution in [-0.2, 0) is 20.6 Å². The highest BCUT2D eigenvalue weighted by Crippen LogP contribution is 2.31. The summed E-state index contributed by atoms with van der Waals surface area (Å²) >= 11 is 9.14. The number of hydrogen-bond donors (Lipinski definition) is 0. The van der Waals surface area contributed by atoms with Crippen molar-refractivity contribution in [2.75, 3.05) is 13.1 Å². The lowest BCUT2D eigenvalue weighted by molar-refractivity contribution is -0.109. The van der Waals surface area contributed by atoms with Gasteiger partial charge in [0.2, 0.25) is 10.0 Å². The van der Waals surface area contributed by atoms with Gasteiger partial charge in [-0.3, -0.25) is 0 Å². The molecule has 118 valence electrons. The van der Waals surface area contributed by atoms with Crippen LogP contribution in [0.2, 0.25) is 0 Å². The van der Waals surface area contributed by atoms with Crippen LogP contribution in [0.5, 0.6) is 0 Å². The fraction of sp³-hybridized carbons (Fsp3) is 0.571. The summed E-state index contributed by atoms with van der Waals surface area (Å²) in [6.45, 7) is 6.36. The van der Waals surface area contributed by atoms with Gasteiger partial charge < -0.3 is 4.74 Å². The monoisotopic (exact) mass is 395 g/mol. The van der Waals surface area contributed by atoms with Crippen LogP contribution in [0.3, 0.4) is 0 Å². The Labute approximate surface area is 139 Å². The van der Waals surface area contributed by atoms with Crippen LogP contribution in [0, 0.1) is 0 Å². The number of benzene rings is 1. The summed E-state index contributed by atoms with van der Waals surface area (Å²) in [4.78, 5) is 0.255. The van der Waals surface area contributed by atoms with Gasteiger partial charge in [-0.1, -0.05) is 6.07 Å². The molecule has 21 heavy (non-hydrogen) atoms. The Bertz CT molecular complexity index is 633. The number of halogens is 2. The average Bonchev–Trinajstić information content (AvgIpc) is 2.36. The average molecular weight is 397 g/mol. The molecule has 4 nitrogen and oxygen atoms in total. The first-order valence-corrected chi connectivity index (χ1v) is 9.45. The molecule has 7 heteroatoms. The summed E-state index contributed by atoms with van der Waals surface area (Å²) in [7, 11) is -3.58. The first kappa shape index (κ1) is 17.2. The van der Waals surface area contributed by atoms with Gasteiger partial charge in [0.25, 0.3) is 0 Å². The van der Waals surface area contributed by atoms with Crippen molar-refractivity contribution < 1.29 is 13.2 Å². The Morgan fingerprint density at radius 1 is 1.48 bits per heavy atom. The van der Waals surface area contributed by atoms with Gasteiger partial charge >= 0.3 is 0 Å². The molecule has 0 bridgehead atoms. The maximum atomic E-state index is 12.9. The number of rotatable bonds is 3. The number of nitrogens with zero attached hydrogens (tertiary/aromatic N) is 1. The van der Waals surface area contributed by atoms with Crippen molar-refractivity contribution in [2.45, 2.75) is 43.3 Å². The summed E-state index contributed by atoms with van der Waals surface area (Å²) in [5.41, 5.74) is 0.278. The summed E-state index contributed by atoms with van der Waals surface area (Å²) in [5, 5.41) is 0. The van der Waals surface area contributed by atoms with Gasteiger partial charge in [0.1, 0.15) is 0 Å². The van der Waals surface area contributed by atoms with E-state index in [-0.39, 0.29) is 16.9 Å². The molecule has 0 amide bonds. The predicted molar refractivity (Wildman–Crippen MR) is 87.1 cm³/mol. The molecule has 0 saturated carbocycles. The zero-order valence-electron chi connectivity index (χ0n) is 12.3. The minimum absolute atomic E-state index is 0.140. The van der Waals surface area contributed by atoms with Crippen molar-refractivity contribution in [3.63, 3.8) is 0 Å². The molecular weight excluding hydrogens is 378 g/mol. The van der Waals surface area contributed by atoms with Gasteiger partial charge in [-0.25, -0.2) is 8.42 Å². The molecular formula is C14H19BrClNO3S. The maximum absolute atomic E-state index is 12.9. The third-order valence-electron chi connectivity index (χ3n) is 3.31. The first-order valence-electron chi connectivity index (χ1n) is 6.68. The van der Waals surface area contributed by atoms with Gasteiger partial charge in [-0.15, -0.1) is 11.6 Å². The molecule has 1 heterocycles. The Morgan fingerprint density at radius 2 is 2.14 bits per heavy atom. The van der Waals surface area contributed by atoms with E-state index in [0.717, 1.165) is 5.56 Å². The van der Waals surface area contributed by atoms with Crippen molar-refractivity contribution in [1.29, 1.82) is 0 Å². The Kier molecular flexibility index (Phi) is 5.05. The first-order chi connectivity index (χ1) is 9.65. The molecule has 0 spiro atoms. The second-order valence-electron chi connectivity index (χ2n) is 5.88. The van der Waals surface area contributed by atoms with Crippen LogP contribution in [0.25, 0.3) is 0 Å². The van der Waals surface area contributed by atoms with Gasteiger partial charge in [0.15, 0.2) is 0 Å². The number of ether oxygens (including phenoxy) is 1.